The second-order valence-electron chi connectivity index (χ2n) is 5.00. The van der Waals surface area contributed by atoms with Crippen molar-refractivity contribution in [3.8, 4) is 0 Å². The van der Waals surface area contributed by atoms with Crippen LogP contribution >= 0.6 is 0 Å². The standard InChI is InChI=1S/C12H21N5O3/c1-8(2)4-5-13-12(20)14-11(19)7-17-6-10(9(3)18)15-16-17/h6,8-9,18H,4-5,7H2,1-3H3,(H2,13,14,19,20). The SMILES string of the molecule is CC(C)CCNC(=O)NC(=O)Cn1cc(C(C)O)nn1. The van der Waals surface area contributed by atoms with E-state index in [1.165, 1.54) is 10.9 Å². The van der Waals surface area contributed by atoms with Crippen LogP contribution in [0.4, 0.5) is 4.79 Å². The first-order chi connectivity index (χ1) is 9.38. The molecule has 3 N–H and O–H groups in total. The summed E-state index contributed by atoms with van der Waals surface area (Å²) in [5.41, 5.74) is 0.374. The third kappa shape index (κ3) is 5.79. The zero-order valence-electron chi connectivity index (χ0n) is 12.0. The van der Waals surface area contributed by atoms with Crippen molar-refractivity contribution in [2.45, 2.75) is 39.8 Å². The number of rotatable bonds is 6. The summed E-state index contributed by atoms with van der Waals surface area (Å²) in [6.45, 7) is 6.05. The maximum atomic E-state index is 11.6. The van der Waals surface area contributed by atoms with Crippen LogP contribution in [0.25, 0.3) is 0 Å². The quantitative estimate of drug-likeness (QED) is 0.691. The maximum Gasteiger partial charge on any atom is 0.321 e. The number of aliphatic hydroxyl groups excluding tert-OH is 1. The number of imide groups is 1. The molecule has 1 unspecified atom stereocenters. The molecular formula is C12H21N5O3. The Bertz CT molecular complexity index is 456. The van der Waals surface area contributed by atoms with Crippen molar-refractivity contribution >= 4 is 11.9 Å². The van der Waals surface area contributed by atoms with Gasteiger partial charge < -0.3 is 10.4 Å². The Hall–Kier alpha value is -1.96. The molecule has 1 aromatic heterocycles. The van der Waals surface area contributed by atoms with E-state index in [-0.39, 0.29) is 6.54 Å². The molecule has 0 aliphatic rings. The minimum atomic E-state index is -0.744. The fourth-order valence-electron chi connectivity index (χ4n) is 1.41. The van der Waals surface area contributed by atoms with E-state index in [9.17, 15) is 14.7 Å². The summed E-state index contributed by atoms with van der Waals surface area (Å²) >= 11 is 0. The van der Waals surface area contributed by atoms with E-state index >= 15 is 0 Å². The Morgan fingerprint density at radius 2 is 2.10 bits per heavy atom. The van der Waals surface area contributed by atoms with E-state index < -0.39 is 18.0 Å². The lowest BCUT2D eigenvalue weighted by atomic mass is 10.1. The van der Waals surface area contributed by atoms with Gasteiger partial charge in [-0.15, -0.1) is 5.10 Å². The summed E-state index contributed by atoms with van der Waals surface area (Å²) in [7, 11) is 0. The molecule has 112 valence electrons. The molecule has 1 aromatic rings. The predicted molar refractivity (Wildman–Crippen MR) is 71.7 cm³/mol. The lowest BCUT2D eigenvalue weighted by molar-refractivity contribution is -0.120. The molecule has 0 radical (unpaired) electrons. The summed E-state index contributed by atoms with van der Waals surface area (Å²) in [6.07, 6.45) is 1.56. The number of carbonyl (C=O) groups is 2. The molecule has 0 aromatic carbocycles. The van der Waals surface area contributed by atoms with E-state index in [1.54, 1.807) is 6.92 Å². The zero-order valence-corrected chi connectivity index (χ0v) is 12.0. The molecule has 3 amide bonds. The highest BCUT2D eigenvalue weighted by Crippen LogP contribution is 2.05. The van der Waals surface area contributed by atoms with Crippen LogP contribution in [-0.2, 0) is 11.3 Å². The van der Waals surface area contributed by atoms with Crippen LogP contribution in [-0.4, -0.2) is 38.6 Å². The van der Waals surface area contributed by atoms with Gasteiger partial charge >= 0.3 is 6.03 Å². The van der Waals surface area contributed by atoms with Gasteiger partial charge in [0.25, 0.3) is 0 Å². The third-order valence-corrected chi connectivity index (χ3v) is 2.55. The van der Waals surface area contributed by atoms with E-state index in [2.05, 4.69) is 34.8 Å². The second-order valence-corrected chi connectivity index (χ2v) is 5.00. The van der Waals surface area contributed by atoms with Gasteiger partial charge in [0.1, 0.15) is 12.2 Å². The molecule has 0 aliphatic carbocycles. The molecule has 0 spiro atoms. The Morgan fingerprint density at radius 3 is 2.65 bits per heavy atom. The van der Waals surface area contributed by atoms with Crippen LogP contribution in [0.15, 0.2) is 6.20 Å². The number of nitrogens with zero attached hydrogens (tertiary/aromatic N) is 3. The van der Waals surface area contributed by atoms with Crippen molar-refractivity contribution in [2.24, 2.45) is 5.92 Å². The number of nitrogens with one attached hydrogen (secondary N) is 2. The molecule has 0 saturated carbocycles. The first kappa shape index (κ1) is 16.1. The average molecular weight is 283 g/mol. The van der Waals surface area contributed by atoms with Gasteiger partial charge in [-0.2, -0.15) is 0 Å². The first-order valence-electron chi connectivity index (χ1n) is 6.54. The van der Waals surface area contributed by atoms with E-state index in [0.29, 0.717) is 18.2 Å². The van der Waals surface area contributed by atoms with Crippen molar-refractivity contribution in [1.29, 1.82) is 0 Å². The molecule has 0 fully saturated rings. The van der Waals surface area contributed by atoms with Crippen molar-refractivity contribution in [3.05, 3.63) is 11.9 Å². The molecule has 8 nitrogen and oxygen atoms in total. The summed E-state index contributed by atoms with van der Waals surface area (Å²) in [4.78, 5) is 23.0. The Labute approximate surface area is 117 Å². The number of carbonyl (C=O) groups excluding carboxylic acids is 2. The van der Waals surface area contributed by atoms with Gasteiger partial charge in [-0.25, -0.2) is 9.48 Å². The van der Waals surface area contributed by atoms with Gasteiger partial charge in [0.05, 0.1) is 12.3 Å². The molecule has 0 aliphatic heterocycles. The molecule has 20 heavy (non-hydrogen) atoms. The van der Waals surface area contributed by atoms with Gasteiger partial charge in [-0.1, -0.05) is 19.1 Å². The molecule has 8 heteroatoms. The van der Waals surface area contributed by atoms with Crippen LogP contribution in [0.2, 0.25) is 0 Å². The molecule has 0 bridgehead atoms. The summed E-state index contributed by atoms with van der Waals surface area (Å²) < 4.78 is 1.26. The van der Waals surface area contributed by atoms with Gasteiger partial charge in [0.2, 0.25) is 5.91 Å². The van der Waals surface area contributed by atoms with Crippen LogP contribution in [0.5, 0.6) is 0 Å². The van der Waals surface area contributed by atoms with Crippen LogP contribution < -0.4 is 10.6 Å². The second kappa shape index (κ2) is 7.59. The largest absolute Gasteiger partial charge is 0.387 e. The van der Waals surface area contributed by atoms with Crippen molar-refractivity contribution in [2.75, 3.05) is 6.54 Å². The Kier molecular flexibility index (Phi) is 6.10. The fourth-order valence-corrected chi connectivity index (χ4v) is 1.41. The molecule has 0 saturated heterocycles. The lowest BCUT2D eigenvalue weighted by Crippen LogP contribution is -2.41. The smallest absolute Gasteiger partial charge is 0.321 e. The van der Waals surface area contributed by atoms with E-state index in [0.717, 1.165) is 6.42 Å². The number of urea groups is 1. The van der Waals surface area contributed by atoms with Gasteiger partial charge in [-0.3, -0.25) is 10.1 Å². The predicted octanol–water partition coefficient (Wildman–Crippen LogP) is 0.203. The number of hydrogen-bond acceptors (Lipinski definition) is 5. The van der Waals surface area contributed by atoms with Crippen LogP contribution in [0.3, 0.4) is 0 Å². The lowest BCUT2D eigenvalue weighted by Gasteiger charge is -2.08. The van der Waals surface area contributed by atoms with E-state index in [1.807, 2.05) is 0 Å². The highest BCUT2D eigenvalue weighted by molar-refractivity contribution is 5.94. The Morgan fingerprint density at radius 1 is 1.40 bits per heavy atom. The minimum absolute atomic E-state index is 0.128. The normalized spacial score (nSPS) is 12.2. The maximum absolute atomic E-state index is 11.6. The number of hydrogen-bond donors (Lipinski definition) is 3. The fraction of sp³-hybridized carbons (Fsp3) is 0.667. The van der Waals surface area contributed by atoms with E-state index in [4.69, 9.17) is 0 Å². The van der Waals surface area contributed by atoms with Gasteiger partial charge in [-0.05, 0) is 19.3 Å². The summed E-state index contributed by atoms with van der Waals surface area (Å²) in [6, 6.07) is -0.522. The molecule has 1 heterocycles. The van der Waals surface area contributed by atoms with Crippen LogP contribution in [0, 0.1) is 5.92 Å². The summed E-state index contributed by atoms with van der Waals surface area (Å²) in [5, 5.41) is 21.5. The highest BCUT2D eigenvalue weighted by Gasteiger charge is 2.11. The summed E-state index contributed by atoms with van der Waals surface area (Å²) in [5.74, 6) is -0.00543. The van der Waals surface area contributed by atoms with Crippen molar-refractivity contribution < 1.29 is 14.7 Å². The Balaban J connectivity index is 2.33. The average Bonchev–Trinajstić information content (AvgIpc) is 2.76. The molecule has 1 atom stereocenters. The number of amides is 3. The van der Waals surface area contributed by atoms with Crippen molar-refractivity contribution in [1.82, 2.24) is 25.6 Å². The highest BCUT2D eigenvalue weighted by atomic mass is 16.3. The molecular weight excluding hydrogens is 262 g/mol. The van der Waals surface area contributed by atoms with Gasteiger partial charge in [0.15, 0.2) is 0 Å². The molecule has 1 rings (SSSR count). The monoisotopic (exact) mass is 283 g/mol. The van der Waals surface area contributed by atoms with Crippen LogP contribution in [0.1, 0.15) is 39.0 Å². The van der Waals surface area contributed by atoms with Gasteiger partial charge in [0, 0.05) is 6.54 Å². The third-order valence-electron chi connectivity index (χ3n) is 2.55. The number of aliphatic hydroxyl groups is 1. The number of aromatic nitrogens is 3. The zero-order chi connectivity index (χ0) is 15.1. The van der Waals surface area contributed by atoms with Crippen molar-refractivity contribution in [3.63, 3.8) is 0 Å². The first-order valence-corrected chi connectivity index (χ1v) is 6.54. The minimum Gasteiger partial charge on any atom is -0.387 e. The topological polar surface area (TPSA) is 109 Å².